The summed E-state index contributed by atoms with van der Waals surface area (Å²) in [6.07, 6.45) is 1.51. The lowest BCUT2D eigenvalue weighted by Gasteiger charge is -2.31. The van der Waals surface area contributed by atoms with Gasteiger partial charge in [-0.2, -0.15) is 5.43 Å². The number of nitrogens with one attached hydrogen (secondary N) is 1. The molecule has 1 fully saturated rings. The van der Waals surface area contributed by atoms with E-state index in [1.807, 2.05) is 18.2 Å². The van der Waals surface area contributed by atoms with Crippen molar-refractivity contribution in [2.45, 2.75) is 12.6 Å². The average Bonchev–Trinajstić information content (AvgIpc) is 3.12. The van der Waals surface area contributed by atoms with Crippen LogP contribution in [-0.4, -0.2) is 64.5 Å². The molecule has 0 aliphatic carbocycles. The molecule has 1 saturated heterocycles. The number of amides is 3. The zero-order chi connectivity index (χ0) is 22.1. The molecular formula is C21H19ClFN6O2+. The molecule has 1 atom stereocenters. The van der Waals surface area contributed by atoms with E-state index in [1.54, 1.807) is 29.8 Å². The molecule has 0 saturated carbocycles. The van der Waals surface area contributed by atoms with Gasteiger partial charge in [0.2, 0.25) is 11.9 Å². The predicted octanol–water partition coefficient (Wildman–Crippen LogP) is 2.28. The van der Waals surface area contributed by atoms with Gasteiger partial charge in [0.25, 0.3) is 5.91 Å². The summed E-state index contributed by atoms with van der Waals surface area (Å²) >= 11 is 6.33. The number of hydrogen-bond donors (Lipinski definition) is 1. The highest BCUT2D eigenvalue weighted by atomic mass is 35.5. The summed E-state index contributed by atoms with van der Waals surface area (Å²) in [6, 6.07) is 11.8. The SMILES string of the molecule is CN1C(=O)C2C(=NC(N/N=C/c3ccc(F)cc3)=[N+]2Cc2ccccc2Cl)N(C)C1=O. The second-order valence-electron chi connectivity index (χ2n) is 7.08. The molecule has 0 bridgehead atoms. The lowest BCUT2D eigenvalue weighted by molar-refractivity contribution is -0.553. The molecule has 2 aromatic rings. The van der Waals surface area contributed by atoms with E-state index in [4.69, 9.17) is 11.6 Å². The van der Waals surface area contributed by atoms with E-state index in [9.17, 15) is 14.0 Å². The Morgan fingerprint density at radius 3 is 2.58 bits per heavy atom. The first-order valence-corrected chi connectivity index (χ1v) is 9.80. The topological polar surface area (TPSA) is 80.4 Å². The highest BCUT2D eigenvalue weighted by Gasteiger charge is 2.51. The van der Waals surface area contributed by atoms with Crippen molar-refractivity contribution >= 4 is 41.5 Å². The monoisotopic (exact) mass is 441 g/mol. The van der Waals surface area contributed by atoms with Crippen LogP contribution in [0.5, 0.6) is 0 Å². The Labute approximate surface area is 182 Å². The third-order valence-electron chi connectivity index (χ3n) is 5.08. The number of fused-ring (bicyclic) bond motifs is 1. The number of aliphatic imine (C=N–C) groups is 1. The molecule has 158 valence electrons. The number of guanidine groups is 1. The number of amidine groups is 1. The number of hydrogen-bond acceptors (Lipinski definition) is 5. The molecule has 4 rings (SSSR count). The van der Waals surface area contributed by atoms with Crippen molar-refractivity contribution in [1.29, 1.82) is 0 Å². The van der Waals surface area contributed by atoms with E-state index in [0.29, 0.717) is 22.4 Å². The fraction of sp³-hybridized carbons (Fsp3) is 0.190. The molecule has 0 spiro atoms. The number of hydrazone groups is 1. The van der Waals surface area contributed by atoms with Crippen molar-refractivity contribution < 1.29 is 18.6 Å². The van der Waals surface area contributed by atoms with Crippen LogP contribution in [0.4, 0.5) is 9.18 Å². The number of rotatable bonds is 4. The quantitative estimate of drug-likeness (QED) is 0.449. The number of halogens is 2. The summed E-state index contributed by atoms with van der Waals surface area (Å²) in [4.78, 5) is 32.1. The van der Waals surface area contributed by atoms with Crippen molar-refractivity contribution in [3.63, 3.8) is 0 Å². The molecular weight excluding hydrogens is 423 g/mol. The summed E-state index contributed by atoms with van der Waals surface area (Å²) in [5, 5.41) is 4.72. The molecule has 2 aromatic carbocycles. The summed E-state index contributed by atoms with van der Waals surface area (Å²) < 4.78 is 14.8. The standard InChI is InChI=1S/C21H18ClFN6O2/c1-27-18-17(19(30)28(2)21(27)31)29(12-14-5-3-4-6-16(14)22)20(25-18)26-24-11-13-7-9-15(23)10-8-13/h3-11,17H,12H2,1-2H3/p+1/b24-11+. The Morgan fingerprint density at radius 2 is 1.87 bits per heavy atom. The fourth-order valence-corrected chi connectivity index (χ4v) is 3.57. The number of imide groups is 1. The molecule has 2 heterocycles. The first-order valence-electron chi connectivity index (χ1n) is 9.42. The van der Waals surface area contributed by atoms with E-state index >= 15 is 0 Å². The van der Waals surface area contributed by atoms with Crippen LogP contribution in [0.2, 0.25) is 5.02 Å². The zero-order valence-electron chi connectivity index (χ0n) is 16.8. The first-order chi connectivity index (χ1) is 14.9. The van der Waals surface area contributed by atoms with Crippen LogP contribution < -0.4 is 5.43 Å². The maximum atomic E-state index is 13.1. The second-order valence-corrected chi connectivity index (χ2v) is 7.48. The molecule has 2 aliphatic heterocycles. The van der Waals surface area contributed by atoms with Crippen LogP contribution in [0.15, 0.2) is 58.6 Å². The molecule has 0 aromatic heterocycles. The minimum atomic E-state index is -0.799. The van der Waals surface area contributed by atoms with Gasteiger partial charge in [0.05, 0.1) is 12.8 Å². The minimum absolute atomic E-state index is 0.271. The molecule has 3 amide bonds. The van der Waals surface area contributed by atoms with E-state index in [2.05, 4.69) is 15.5 Å². The highest BCUT2D eigenvalue weighted by Crippen LogP contribution is 2.22. The van der Waals surface area contributed by atoms with Gasteiger partial charge in [-0.3, -0.25) is 14.6 Å². The highest BCUT2D eigenvalue weighted by molar-refractivity contribution is 6.31. The lowest BCUT2D eigenvalue weighted by atomic mass is 10.1. The van der Waals surface area contributed by atoms with Gasteiger partial charge in [-0.15, -0.1) is 5.10 Å². The van der Waals surface area contributed by atoms with E-state index in [0.717, 1.165) is 10.5 Å². The second kappa shape index (κ2) is 8.27. The van der Waals surface area contributed by atoms with Crippen molar-refractivity contribution in [1.82, 2.24) is 15.2 Å². The van der Waals surface area contributed by atoms with Crippen molar-refractivity contribution in [2.75, 3.05) is 14.1 Å². The average molecular weight is 442 g/mol. The van der Waals surface area contributed by atoms with E-state index < -0.39 is 18.0 Å². The van der Waals surface area contributed by atoms with Crippen LogP contribution in [0.25, 0.3) is 0 Å². The Morgan fingerprint density at radius 1 is 1.16 bits per heavy atom. The van der Waals surface area contributed by atoms with Crippen LogP contribution in [0, 0.1) is 5.82 Å². The van der Waals surface area contributed by atoms with Gasteiger partial charge in [0.15, 0.2) is 0 Å². The normalized spacial score (nSPS) is 18.7. The number of likely N-dealkylation sites (N-methyl/N-ethyl adjacent to an activating group) is 2. The number of carbonyl (C=O) groups excluding carboxylic acids is 2. The third kappa shape index (κ3) is 3.91. The van der Waals surface area contributed by atoms with Crippen LogP contribution in [0.1, 0.15) is 11.1 Å². The lowest BCUT2D eigenvalue weighted by Crippen LogP contribution is -2.61. The molecule has 10 heteroatoms. The van der Waals surface area contributed by atoms with Crippen molar-refractivity contribution in [2.24, 2.45) is 10.1 Å². The summed E-state index contributed by atoms with van der Waals surface area (Å²) in [5.41, 5.74) is 4.31. The molecule has 1 N–H and O–H groups in total. The van der Waals surface area contributed by atoms with Crippen LogP contribution in [0.3, 0.4) is 0 Å². The smallest absolute Gasteiger partial charge is 0.270 e. The van der Waals surface area contributed by atoms with E-state index in [1.165, 1.54) is 30.3 Å². The van der Waals surface area contributed by atoms with Gasteiger partial charge < -0.3 is 0 Å². The Hall–Kier alpha value is -3.59. The fourth-order valence-electron chi connectivity index (χ4n) is 3.38. The van der Waals surface area contributed by atoms with Gasteiger partial charge in [0, 0.05) is 24.7 Å². The summed E-state index contributed by atoms with van der Waals surface area (Å²) in [7, 11) is 3.00. The minimum Gasteiger partial charge on any atom is -0.270 e. The maximum Gasteiger partial charge on any atom is 0.414 e. The van der Waals surface area contributed by atoms with Gasteiger partial charge in [0.1, 0.15) is 5.82 Å². The number of benzene rings is 2. The molecule has 31 heavy (non-hydrogen) atoms. The molecule has 1 unspecified atom stereocenters. The van der Waals surface area contributed by atoms with Gasteiger partial charge in [-0.05, 0) is 23.8 Å². The largest absolute Gasteiger partial charge is 0.414 e. The number of urea groups is 1. The van der Waals surface area contributed by atoms with Crippen LogP contribution in [-0.2, 0) is 11.3 Å². The maximum absolute atomic E-state index is 13.1. The summed E-state index contributed by atoms with van der Waals surface area (Å²) in [5.74, 6) is -0.138. The zero-order valence-corrected chi connectivity index (χ0v) is 17.5. The predicted molar refractivity (Wildman–Crippen MR) is 115 cm³/mol. The number of carbonyl (C=O) groups is 2. The van der Waals surface area contributed by atoms with E-state index in [-0.39, 0.29) is 12.4 Å². The number of nitrogens with zero attached hydrogens (tertiary/aromatic N) is 5. The van der Waals surface area contributed by atoms with Gasteiger partial charge >= 0.3 is 12.0 Å². The molecule has 8 nitrogen and oxygen atoms in total. The Balaban J connectivity index is 1.69. The first kappa shape index (κ1) is 20.7. The summed E-state index contributed by atoms with van der Waals surface area (Å²) in [6.45, 7) is 0.271. The van der Waals surface area contributed by atoms with Gasteiger partial charge in [-0.25, -0.2) is 13.8 Å². The van der Waals surface area contributed by atoms with Crippen LogP contribution >= 0.6 is 11.6 Å². The third-order valence-corrected chi connectivity index (χ3v) is 5.45. The van der Waals surface area contributed by atoms with Crippen molar-refractivity contribution in [3.05, 3.63) is 70.5 Å². The molecule has 0 radical (unpaired) electrons. The Bertz CT molecular complexity index is 1140. The van der Waals surface area contributed by atoms with Gasteiger partial charge in [-0.1, -0.05) is 46.9 Å². The van der Waals surface area contributed by atoms with Crippen molar-refractivity contribution in [3.8, 4) is 0 Å². The Kier molecular flexibility index (Phi) is 5.51. The molecule has 2 aliphatic rings.